The van der Waals surface area contributed by atoms with Gasteiger partial charge in [-0.25, -0.2) is 0 Å². The number of ether oxygens (including phenoxy) is 2. The molecule has 1 saturated carbocycles. The molecule has 1 heterocycles. The van der Waals surface area contributed by atoms with Crippen molar-refractivity contribution < 1.29 is 19.1 Å². The van der Waals surface area contributed by atoms with Crippen LogP contribution in [0.4, 0.5) is 5.69 Å². The maximum atomic E-state index is 12.3. The van der Waals surface area contributed by atoms with E-state index in [1.807, 2.05) is 12.1 Å². The lowest BCUT2D eigenvalue weighted by atomic mass is 10.2. The van der Waals surface area contributed by atoms with Crippen LogP contribution in [-0.4, -0.2) is 31.0 Å². The molecule has 136 valence electrons. The van der Waals surface area contributed by atoms with Gasteiger partial charge in [-0.1, -0.05) is 0 Å². The molecule has 2 atom stereocenters. The van der Waals surface area contributed by atoms with Crippen LogP contribution in [0.5, 0.6) is 11.5 Å². The van der Waals surface area contributed by atoms with Crippen molar-refractivity contribution in [2.75, 3.05) is 19.5 Å². The molecule has 0 spiro atoms. The standard InChI is InChI=1S/C19H21N3O4/c1-25-16-4-3-13(9-17(16)26-2)22-19(24)15-10-14(15)18(23)21-11-12-5-7-20-8-6-12/h3-9,14-15H,10-11H2,1-2H3,(H,21,23)(H,22,24). The monoisotopic (exact) mass is 355 g/mol. The molecule has 2 unspecified atom stereocenters. The van der Waals surface area contributed by atoms with Crippen LogP contribution in [0.15, 0.2) is 42.7 Å². The average Bonchev–Trinajstić information content (AvgIpc) is 3.48. The number of hydrogen-bond acceptors (Lipinski definition) is 5. The van der Waals surface area contributed by atoms with Crippen molar-refractivity contribution >= 4 is 17.5 Å². The second-order valence-corrected chi connectivity index (χ2v) is 6.08. The molecule has 0 bridgehead atoms. The SMILES string of the molecule is COc1ccc(NC(=O)C2CC2C(=O)NCc2ccncc2)cc1OC. The van der Waals surface area contributed by atoms with Gasteiger partial charge in [-0.15, -0.1) is 0 Å². The van der Waals surface area contributed by atoms with Gasteiger partial charge in [-0.3, -0.25) is 14.6 Å². The highest BCUT2D eigenvalue weighted by molar-refractivity contribution is 5.99. The zero-order valence-corrected chi connectivity index (χ0v) is 14.7. The second kappa shape index (κ2) is 7.86. The van der Waals surface area contributed by atoms with Gasteiger partial charge < -0.3 is 20.1 Å². The van der Waals surface area contributed by atoms with Crippen molar-refractivity contribution in [3.63, 3.8) is 0 Å². The number of amides is 2. The summed E-state index contributed by atoms with van der Waals surface area (Å²) in [7, 11) is 3.09. The predicted molar refractivity (Wildman–Crippen MR) is 95.9 cm³/mol. The Morgan fingerprint density at radius 1 is 1.04 bits per heavy atom. The van der Waals surface area contributed by atoms with Crippen molar-refractivity contribution in [2.24, 2.45) is 11.8 Å². The molecule has 2 aromatic rings. The Hall–Kier alpha value is -3.09. The van der Waals surface area contributed by atoms with Crippen LogP contribution in [0.2, 0.25) is 0 Å². The summed E-state index contributed by atoms with van der Waals surface area (Å²) in [4.78, 5) is 28.5. The number of nitrogens with one attached hydrogen (secondary N) is 2. The number of carbonyl (C=O) groups is 2. The fraction of sp³-hybridized carbons (Fsp3) is 0.316. The molecule has 1 aromatic carbocycles. The van der Waals surface area contributed by atoms with Gasteiger partial charge in [-0.05, 0) is 36.2 Å². The van der Waals surface area contributed by atoms with E-state index >= 15 is 0 Å². The molecule has 1 aromatic heterocycles. The third-order valence-corrected chi connectivity index (χ3v) is 4.33. The zero-order chi connectivity index (χ0) is 18.5. The number of nitrogens with zero attached hydrogens (tertiary/aromatic N) is 1. The van der Waals surface area contributed by atoms with Crippen LogP contribution >= 0.6 is 0 Å². The van der Waals surface area contributed by atoms with E-state index < -0.39 is 0 Å². The summed E-state index contributed by atoms with van der Waals surface area (Å²) in [6, 6.07) is 8.83. The molecular formula is C19H21N3O4. The summed E-state index contributed by atoms with van der Waals surface area (Å²) in [6.07, 6.45) is 3.91. The van der Waals surface area contributed by atoms with Gasteiger partial charge in [-0.2, -0.15) is 0 Å². The molecule has 7 heteroatoms. The first-order valence-corrected chi connectivity index (χ1v) is 8.32. The summed E-state index contributed by atoms with van der Waals surface area (Å²) in [5.74, 6) is 0.270. The molecule has 2 amide bonds. The van der Waals surface area contributed by atoms with Crippen LogP contribution in [0.3, 0.4) is 0 Å². The summed E-state index contributed by atoms with van der Waals surface area (Å²) in [6.45, 7) is 0.432. The lowest BCUT2D eigenvalue weighted by Crippen LogP contribution is -2.27. The number of anilines is 1. The smallest absolute Gasteiger partial charge is 0.228 e. The topological polar surface area (TPSA) is 89.5 Å². The molecule has 7 nitrogen and oxygen atoms in total. The summed E-state index contributed by atoms with van der Waals surface area (Å²) in [5, 5.41) is 5.69. The van der Waals surface area contributed by atoms with Crippen molar-refractivity contribution in [3.05, 3.63) is 48.3 Å². The molecule has 3 rings (SSSR count). The highest BCUT2D eigenvalue weighted by atomic mass is 16.5. The fourth-order valence-corrected chi connectivity index (χ4v) is 2.74. The second-order valence-electron chi connectivity index (χ2n) is 6.08. The molecule has 0 saturated heterocycles. The van der Waals surface area contributed by atoms with Gasteiger partial charge in [0.2, 0.25) is 11.8 Å². The molecule has 1 fully saturated rings. The van der Waals surface area contributed by atoms with E-state index in [0.29, 0.717) is 30.2 Å². The number of methoxy groups -OCH3 is 2. The first-order valence-electron chi connectivity index (χ1n) is 8.32. The minimum Gasteiger partial charge on any atom is -0.493 e. The largest absolute Gasteiger partial charge is 0.493 e. The van der Waals surface area contributed by atoms with E-state index in [1.54, 1.807) is 37.7 Å². The van der Waals surface area contributed by atoms with Crippen molar-refractivity contribution in [2.45, 2.75) is 13.0 Å². The van der Waals surface area contributed by atoms with Gasteiger partial charge in [0, 0.05) is 30.7 Å². The van der Waals surface area contributed by atoms with E-state index in [4.69, 9.17) is 9.47 Å². The first-order chi connectivity index (χ1) is 12.6. The first kappa shape index (κ1) is 17.7. The summed E-state index contributed by atoms with van der Waals surface area (Å²) in [5.41, 5.74) is 1.58. The van der Waals surface area contributed by atoms with Crippen molar-refractivity contribution in [1.29, 1.82) is 0 Å². The maximum absolute atomic E-state index is 12.3. The Morgan fingerprint density at radius 2 is 1.73 bits per heavy atom. The number of rotatable bonds is 7. The number of aromatic nitrogens is 1. The van der Waals surface area contributed by atoms with Crippen LogP contribution in [-0.2, 0) is 16.1 Å². The molecule has 2 N–H and O–H groups in total. The van der Waals surface area contributed by atoms with Gasteiger partial charge in [0.15, 0.2) is 11.5 Å². The Morgan fingerprint density at radius 3 is 2.42 bits per heavy atom. The third kappa shape index (κ3) is 4.11. The Kier molecular flexibility index (Phi) is 5.36. The fourth-order valence-electron chi connectivity index (χ4n) is 2.74. The van der Waals surface area contributed by atoms with Gasteiger partial charge in [0.05, 0.1) is 26.1 Å². The maximum Gasteiger partial charge on any atom is 0.228 e. The van der Waals surface area contributed by atoms with E-state index in [2.05, 4.69) is 15.6 Å². The lowest BCUT2D eigenvalue weighted by Gasteiger charge is -2.10. The van der Waals surface area contributed by atoms with Gasteiger partial charge in [0.1, 0.15) is 0 Å². The number of pyridine rings is 1. The average molecular weight is 355 g/mol. The van der Waals surface area contributed by atoms with Gasteiger partial charge >= 0.3 is 0 Å². The molecule has 26 heavy (non-hydrogen) atoms. The number of benzene rings is 1. The van der Waals surface area contributed by atoms with Crippen molar-refractivity contribution in [1.82, 2.24) is 10.3 Å². The lowest BCUT2D eigenvalue weighted by molar-refractivity contribution is -0.125. The highest BCUT2D eigenvalue weighted by Gasteiger charge is 2.47. The van der Waals surface area contributed by atoms with E-state index in [1.165, 1.54) is 7.11 Å². The van der Waals surface area contributed by atoms with Crippen LogP contribution in [0.25, 0.3) is 0 Å². The van der Waals surface area contributed by atoms with Crippen molar-refractivity contribution in [3.8, 4) is 11.5 Å². The molecule has 0 aliphatic heterocycles. The highest BCUT2D eigenvalue weighted by Crippen LogP contribution is 2.40. The molecular weight excluding hydrogens is 334 g/mol. The normalized spacial score (nSPS) is 17.9. The third-order valence-electron chi connectivity index (χ3n) is 4.33. The Bertz CT molecular complexity index is 795. The predicted octanol–water partition coefficient (Wildman–Crippen LogP) is 1.99. The summed E-state index contributed by atoms with van der Waals surface area (Å²) < 4.78 is 10.4. The molecule has 0 radical (unpaired) electrons. The molecule has 1 aliphatic rings. The number of hydrogen-bond donors (Lipinski definition) is 2. The van der Waals surface area contributed by atoms with E-state index in [0.717, 1.165) is 5.56 Å². The van der Waals surface area contributed by atoms with E-state index in [-0.39, 0.29) is 23.7 Å². The minimum atomic E-state index is -0.305. The van der Waals surface area contributed by atoms with Gasteiger partial charge in [0.25, 0.3) is 0 Å². The van der Waals surface area contributed by atoms with Crippen LogP contribution in [0, 0.1) is 11.8 Å². The molecule has 1 aliphatic carbocycles. The summed E-state index contributed by atoms with van der Waals surface area (Å²) >= 11 is 0. The van der Waals surface area contributed by atoms with Crippen LogP contribution in [0.1, 0.15) is 12.0 Å². The zero-order valence-electron chi connectivity index (χ0n) is 14.7. The Labute approximate surface area is 151 Å². The quantitative estimate of drug-likeness (QED) is 0.793. The minimum absolute atomic E-state index is 0.103. The van der Waals surface area contributed by atoms with E-state index in [9.17, 15) is 9.59 Å². The number of carbonyl (C=O) groups excluding carboxylic acids is 2. The van der Waals surface area contributed by atoms with Crippen LogP contribution < -0.4 is 20.1 Å². The Balaban J connectivity index is 1.51.